The van der Waals surface area contributed by atoms with Crippen LogP contribution in [0.25, 0.3) is 10.8 Å². The molecule has 1 aromatic carbocycles. The minimum Gasteiger partial charge on any atom is -0.469 e. The smallest absolute Gasteiger partial charge is 0.309 e. The van der Waals surface area contributed by atoms with Crippen molar-refractivity contribution in [2.24, 2.45) is 5.92 Å². The molecule has 1 aromatic heterocycles. The largest absolute Gasteiger partial charge is 0.469 e. The Hall–Kier alpha value is -1.90. The third kappa shape index (κ3) is 2.31. The number of carbonyl (C=O) groups is 1. The molecule has 2 aliphatic rings. The van der Waals surface area contributed by atoms with E-state index in [9.17, 15) is 4.79 Å². The zero-order chi connectivity index (χ0) is 14.4. The maximum Gasteiger partial charge on any atom is 0.309 e. The number of benzene rings is 1. The zero-order valence-electron chi connectivity index (χ0n) is 12.3. The summed E-state index contributed by atoms with van der Waals surface area (Å²) >= 11 is 0. The van der Waals surface area contributed by atoms with Crippen molar-refractivity contribution in [2.45, 2.75) is 38.0 Å². The Labute approximate surface area is 124 Å². The van der Waals surface area contributed by atoms with Crippen LogP contribution in [-0.2, 0) is 22.4 Å². The van der Waals surface area contributed by atoms with Crippen LogP contribution in [-0.4, -0.2) is 18.1 Å². The monoisotopic (exact) mass is 281 g/mol. The Bertz CT molecular complexity index is 718. The second-order valence-electron chi connectivity index (χ2n) is 6.31. The molecule has 0 spiro atoms. The molecule has 0 N–H and O–H groups in total. The van der Waals surface area contributed by atoms with Crippen molar-refractivity contribution < 1.29 is 9.53 Å². The molecule has 1 fully saturated rings. The fourth-order valence-corrected chi connectivity index (χ4v) is 3.40. The van der Waals surface area contributed by atoms with Gasteiger partial charge in [0.2, 0.25) is 0 Å². The van der Waals surface area contributed by atoms with Gasteiger partial charge < -0.3 is 4.74 Å². The highest BCUT2D eigenvalue weighted by atomic mass is 16.5. The Morgan fingerprint density at radius 3 is 2.71 bits per heavy atom. The Kier molecular flexibility index (Phi) is 2.95. The molecule has 0 bridgehead atoms. The number of aromatic nitrogens is 1. The van der Waals surface area contributed by atoms with Crippen molar-refractivity contribution in [3.05, 3.63) is 41.2 Å². The molecule has 2 aromatic rings. The number of carbonyl (C=O) groups excluding carboxylic acids is 1. The lowest BCUT2D eigenvalue weighted by Gasteiger charge is -2.23. The average Bonchev–Trinajstić information content (AvgIpc) is 3.36. The molecule has 1 unspecified atom stereocenters. The third-order valence-electron chi connectivity index (χ3n) is 4.82. The van der Waals surface area contributed by atoms with E-state index in [2.05, 4.69) is 23.2 Å². The SMILES string of the molecule is COC(=O)C1CCc2cc3cc(C4CC4)ncc3cc2C1. The molecule has 0 amide bonds. The lowest BCUT2D eigenvalue weighted by Crippen LogP contribution is -2.23. The molecule has 4 rings (SSSR count). The number of nitrogens with zero attached hydrogens (tertiary/aromatic N) is 1. The van der Waals surface area contributed by atoms with Crippen molar-refractivity contribution >= 4 is 16.7 Å². The average molecular weight is 281 g/mol. The van der Waals surface area contributed by atoms with Gasteiger partial charge in [0.05, 0.1) is 13.0 Å². The molecule has 1 saturated carbocycles. The van der Waals surface area contributed by atoms with Gasteiger partial charge in [0, 0.05) is 23.2 Å². The van der Waals surface area contributed by atoms with Crippen LogP contribution in [0.1, 0.15) is 42.0 Å². The van der Waals surface area contributed by atoms with E-state index in [0.717, 1.165) is 19.3 Å². The van der Waals surface area contributed by atoms with Gasteiger partial charge in [0.25, 0.3) is 0 Å². The van der Waals surface area contributed by atoms with E-state index in [1.165, 1.54) is 47.5 Å². The maximum absolute atomic E-state index is 11.7. The standard InChI is InChI=1S/C18H19NO2/c1-21-18(20)13-5-4-12-6-15-9-17(11-2-3-11)19-10-16(15)8-14(12)7-13/h6,8-11,13H,2-5,7H2,1H3. The van der Waals surface area contributed by atoms with E-state index >= 15 is 0 Å². The first-order valence-electron chi connectivity index (χ1n) is 7.74. The van der Waals surface area contributed by atoms with Crippen LogP contribution >= 0.6 is 0 Å². The maximum atomic E-state index is 11.7. The van der Waals surface area contributed by atoms with Gasteiger partial charge in [0.15, 0.2) is 0 Å². The number of fused-ring (bicyclic) bond motifs is 2. The van der Waals surface area contributed by atoms with Crippen molar-refractivity contribution in [3.8, 4) is 0 Å². The molecule has 1 atom stereocenters. The molecule has 0 aliphatic heterocycles. The summed E-state index contributed by atoms with van der Waals surface area (Å²) < 4.78 is 4.89. The molecule has 3 nitrogen and oxygen atoms in total. The lowest BCUT2D eigenvalue weighted by atomic mass is 9.83. The first-order chi connectivity index (χ1) is 10.2. The minimum absolute atomic E-state index is 0.0126. The Morgan fingerprint density at radius 2 is 1.95 bits per heavy atom. The van der Waals surface area contributed by atoms with E-state index in [1.54, 1.807) is 0 Å². The summed E-state index contributed by atoms with van der Waals surface area (Å²) in [7, 11) is 1.47. The molecule has 1 heterocycles. The van der Waals surface area contributed by atoms with Gasteiger partial charge in [0.1, 0.15) is 0 Å². The number of ether oxygens (including phenoxy) is 1. The molecule has 2 aliphatic carbocycles. The van der Waals surface area contributed by atoms with Gasteiger partial charge in [-0.25, -0.2) is 0 Å². The van der Waals surface area contributed by atoms with Crippen LogP contribution in [0.3, 0.4) is 0 Å². The number of rotatable bonds is 2. The summed E-state index contributed by atoms with van der Waals surface area (Å²) in [6.45, 7) is 0. The van der Waals surface area contributed by atoms with E-state index in [4.69, 9.17) is 4.74 Å². The number of aryl methyl sites for hydroxylation is 1. The van der Waals surface area contributed by atoms with Gasteiger partial charge in [-0.3, -0.25) is 9.78 Å². The van der Waals surface area contributed by atoms with Crippen LogP contribution in [0.4, 0.5) is 0 Å². The second-order valence-corrected chi connectivity index (χ2v) is 6.31. The second kappa shape index (κ2) is 4.83. The zero-order valence-corrected chi connectivity index (χ0v) is 12.3. The number of methoxy groups -OCH3 is 1. The summed E-state index contributed by atoms with van der Waals surface area (Å²) in [6.07, 6.45) is 7.21. The summed E-state index contributed by atoms with van der Waals surface area (Å²) in [5.41, 5.74) is 3.91. The fraction of sp³-hybridized carbons (Fsp3) is 0.444. The molecule has 108 valence electrons. The van der Waals surface area contributed by atoms with Crippen molar-refractivity contribution in [2.75, 3.05) is 7.11 Å². The van der Waals surface area contributed by atoms with Gasteiger partial charge in [-0.15, -0.1) is 0 Å². The Balaban J connectivity index is 1.71. The van der Waals surface area contributed by atoms with Gasteiger partial charge >= 0.3 is 5.97 Å². The first kappa shape index (κ1) is 12.8. The molecule has 21 heavy (non-hydrogen) atoms. The van der Waals surface area contributed by atoms with Crippen LogP contribution in [0.5, 0.6) is 0 Å². The fourth-order valence-electron chi connectivity index (χ4n) is 3.40. The minimum atomic E-state index is -0.0806. The quantitative estimate of drug-likeness (QED) is 0.792. The number of hydrogen-bond donors (Lipinski definition) is 0. The van der Waals surface area contributed by atoms with E-state index in [-0.39, 0.29) is 11.9 Å². The number of hydrogen-bond acceptors (Lipinski definition) is 3. The highest BCUT2D eigenvalue weighted by Crippen LogP contribution is 2.40. The van der Waals surface area contributed by atoms with Crippen molar-refractivity contribution in [1.82, 2.24) is 4.98 Å². The number of pyridine rings is 1. The van der Waals surface area contributed by atoms with Gasteiger partial charge in [-0.1, -0.05) is 6.07 Å². The van der Waals surface area contributed by atoms with Gasteiger partial charge in [-0.2, -0.15) is 0 Å². The highest BCUT2D eigenvalue weighted by molar-refractivity contribution is 5.84. The van der Waals surface area contributed by atoms with Crippen molar-refractivity contribution in [3.63, 3.8) is 0 Å². The van der Waals surface area contributed by atoms with E-state index < -0.39 is 0 Å². The summed E-state index contributed by atoms with van der Waals surface area (Å²) in [5.74, 6) is 0.621. The van der Waals surface area contributed by atoms with Crippen LogP contribution < -0.4 is 0 Å². The molecular formula is C18H19NO2. The van der Waals surface area contributed by atoms with E-state index in [1.807, 2.05) is 6.20 Å². The van der Waals surface area contributed by atoms with Gasteiger partial charge in [-0.05, 0) is 60.7 Å². The molecular weight excluding hydrogens is 262 g/mol. The molecule has 0 radical (unpaired) electrons. The van der Waals surface area contributed by atoms with Crippen molar-refractivity contribution in [1.29, 1.82) is 0 Å². The number of esters is 1. The predicted octanol–water partition coefficient (Wildman–Crippen LogP) is 3.39. The van der Waals surface area contributed by atoms with E-state index in [0.29, 0.717) is 5.92 Å². The third-order valence-corrected chi connectivity index (χ3v) is 4.82. The highest BCUT2D eigenvalue weighted by Gasteiger charge is 2.27. The first-order valence-corrected chi connectivity index (χ1v) is 7.74. The molecule has 3 heteroatoms. The molecule has 0 saturated heterocycles. The topological polar surface area (TPSA) is 39.2 Å². The predicted molar refractivity (Wildman–Crippen MR) is 81.2 cm³/mol. The van der Waals surface area contributed by atoms with Crippen LogP contribution in [0.15, 0.2) is 24.4 Å². The summed E-state index contributed by atoms with van der Waals surface area (Å²) in [4.78, 5) is 16.3. The lowest BCUT2D eigenvalue weighted by molar-refractivity contribution is -0.145. The summed E-state index contributed by atoms with van der Waals surface area (Å²) in [6, 6.07) is 6.76. The summed E-state index contributed by atoms with van der Waals surface area (Å²) in [5, 5.41) is 2.48. The van der Waals surface area contributed by atoms with Crippen LogP contribution in [0, 0.1) is 5.92 Å². The normalized spacial score (nSPS) is 21.1. The Morgan fingerprint density at radius 1 is 1.14 bits per heavy atom. The van der Waals surface area contributed by atoms with Crippen LogP contribution in [0.2, 0.25) is 0 Å².